The first-order chi connectivity index (χ1) is 16.5. The number of ether oxygens (including phenoxy) is 1. The molecular weight excluding hydrogens is 476 g/mol. The van der Waals surface area contributed by atoms with Crippen LogP contribution in [0, 0.1) is 5.41 Å². The molecule has 0 saturated carbocycles. The fraction of sp³-hybridized carbons (Fsp3) is 0.0417. The number of fused-ring (bicyclic) bond motifs is 1. The summed E-state index contributed by atoms with van der Waals surface area (Å²) in [7, 11) is 0. The van der Waals surface area contributed by atoms with Crippen LogP contribution >= 0.6 is 23.4 Å². The number of amides is 1. The molecule has 0 aliphatic carbocycles. The number of hydrogen-bond acceptors (Lipinski definition) is 7. The van der Waals surface area contributed by atoms with Crippen LogP contribution in [0.15, 0.2) is 87.0 Å². The summed E-state index contributed by atoms with van der Waals surface area (Å²) in [5.41, 5.74) is 1.76. The van der Waals surface area contributed by atoms with Crippen molar-refractivity contribution in [2.24, 2.45) is 10.1 Å². The highest BCUT2D eigenvalue weighted by Crippen LogP contribution is 2.30. The minimum Gasteiger partial charge on any atom is -0.457 e. The normalized spacial score (nSPS) is 16.4. The van der Waals surface area contributed by atoms with Gasteiger partial charge in [0, 0.05) is 11.4 Å². The first-order valence-electron chi connectivity index (χ1n) is 10.1. The van der Waals surface area contributed by atoms with E-state index in [1.54, 1.807) is 48.5 Å². The van der Waals surface area contributed by atoms with Gasteiger partial charge in [-0.3, -0.25) is 10.2 Å². The van der Waals surface area contributed by atoms with Gasteiger partial charge < -0.3 is 9.15 Å². The number of rotatable bonds is 5. The summed E-state index contributed by atoms with van der Waals surface area (Å²) in [6.45, 7) is 0. The number of hydrogen-bond donors (Lipinski definition) is 1. The van der Waals surface area contributed by atoms with E-state index in [1.165, 1.54) is 29.1 Å². The Bertz CT molecular complexity index is 1380. The average molecular weight is 491 g/mol. The maximum Gasteiger partial charge on any atom is 0.379 e. The Balaban J connectivity index is 1.31. The van der Waals surface area contributed by atoms with Crippen LogP contribution in [-0.2, 0) is 11.2 Å². The molecule has 5 rings (SSSR count). The van der Waals surface area contributed by atoms with Crippen LogP contribution in [0.2, 0.25) is 5.02 Å². The van der Waals surface area contributed by atoms with Gasteiger partial charge in [-0.25, -0.2) is 4.79 Å². The van der Waals surface area contributed by atoms with E-state index in [4.69, 9.17) is 26.2 Å². The molecule has 34 heavy (non-hydrogen) atoms. The number of nitrogens with one attached hydrogen (secondary N) is 1. The molecule has 0 saturated heterocycles. The van der Waals surface area contributed by atoms with Crippen molar-refractivity contribution in [3.8, 4) is 5.75 Å². The SMILES string of the molecule is N=C1C(=Cc2ccc(OC(=O)c3ccco3)cc2)C(=O)N=C2SC(Cc3ccc(Cl)cc3)=NN12. The van der Waals surface area contributed by atoms with Crippen LogP contribution in [0.5, 0.6) is 5.75 Å². The lowest BCUT2D eigenvalue weighted by Gasteiger charge is -2.20. The third-order valence-electron chi connectivity index (χ3n) is 4.89. The van der Waals surface area contributed by atoms with Crippen molar-refractivity contribution in [2.75, 3.05) is 0 Å². The van der Waals surface area contributed by atoms with Crippen LogP contribution in [-0.4, -0.2) is 32.9 Å². The minimum atomic E-state index is -0.610. The molecule has 168 valence electrons. The van der Waals surface area contributed by atoms with Gasteiger partial charge in [0.1, 0.15) is 10.8 Å². The molecule has 2 aliphatic rings. The summed E-state index contributed by atoms with van der Waals surface area (Å²) in [5, 5.41) is 16.1. The number of halogens is 1. The van der Waals surface area contributed by atoms with Gasteiger partial charge in [0.25, 0.3) is 5.91 Å². The molecule has 8 nitrogen and oxygen atoms in total. The Morgan fingerprint density at radius 1 is 1.15 bits per heavy atom. The van der Waals surface area contributed by atoms with E-state index in [1.807, 2.05) is 12.1 Å². The molecule has 3 aromatic rings. The third-order valence-corrected chi connectivity index (χ3v) is 6.05. The van der Waals surface area contributed by atoms with Crippen LogP contribution < -0.4 is 4.74 Å². The quantitative estimate of drug-likeness (QED) is 0.306. The number of benzene rings is 2. The monoisotopic (exact) mass is 490 g/mol. The number of aliphatic imine (C=N–C) groups is 1. The van der Waals surface area contributed by atoms with Crippen LogP contribution in [0.25, 0.3) is 6.08 Å². The number of hydrazone groups is 1. The molecule has 0 radical (unpaired) electrons. The predicted molar refractivity (Wildman–Crippen MR) is 130 cm³/mol. The van der Waals surface area contributed by atoms with Crippen molar-refractivity contribution in [2.45, 2.75) is 6.42 Å². The lowest BCUT2D eigenvalue weighted by atomic mass is 10.1. The zero-order valence-corrected chi connectivity index (χ0v) is 19.0. The molecule has 2 aromatic carbocycles. The van der Waals surface area contributed by atoms with E-state index in [9.17, 15) is 9.59 Å². The number of amidine groups is 2. The van der Waals surface area contributed by atoms with Gasteiger partial charge in [-0.15, -0.1) is 0 Å². The molecule has 0 atom stereocenters. The van der Waals surface area contributed by atoms with Gasteiger partial charge in [0.2, 0.25) is 10.9 Å². The van der Waals surface area contributed by atoms with Crippen molar-refractivity contribution >= 4 is 57.4 Å². The maximum atomic E-state index is 12.6. The van der Waals surface area contributed by atoms with E-state index in [2.05, 4.69) is 10.1 Å². The van der Waals surface area contributed by atoms with Gasteiger partial charge in [0.05, 0.1) is 11.8 Å². The third kappa shape index (κ3) is 4.57. The van der Waals surface area contributed by atoms with Gasteiger partial charge in [-0.1, -0.05) is 35.9 Å². The summed E-state index contributed by atoms with van der Waals surface area (Å²) in [6.07, 6.45) is 3.48. The average Bonchev–Trinajstić information content (AvgIpc) is 3.50. The molecule has 2 aliphatic heterocycles. The zero-order valence-electron chi connectivity index (χ0n) is 17.4. The second-order valence-electron chi connectivity index (χ2n) is 7.25. The van der Waals surface area contributed by atoms with E-state index in [0.717, 1.165) is 10.6 Å². The molecular formula is C24H15ClN4O4S. The first kappa shape index (κ1) is 21.9. The molecule has 1 N–H and O–H groups in total. The van der Waals surface area contributed by atoms with Gasteiger partial charge >= 0.3 is 5.97 Å². The number of thioether (sulfide) groups is 1. The second kappa shape index (κ2) is 9.12. The Morgan fingerprint density at radius 2 is 1.91 bits per heavy atom. The summed E-state index contributed by atoms with van der Waals surface area (Å²) < 4.78 is 10.3. The Morgan fingerprint density at radius 3 is 2.62 bits per heavy atom. The maximum absolute atomic E-state index is 12.6. The van der Waals surface area contributed by atoms with Gasteiger partial charge in [0.15, 0.2) is 5.84 Å². The van der Waals surface area contributed by atoms with Gasteiger partial charge in [-0.2, -0.15) is 15.1 Å². The number of carbonyl (C=O) groups is 2. The van der Waals surface area contributed by atoms with E-state index in [-0.39, 0.29) is 17.2 Å². The van der Waals surface area contributed by atoms with Crippen LogP contribution in [0.3, 0.4) is 0 Å². The minimum absolute atomic E-state index is 0.0538. The number of nitrogens with zero attached hydrogens (tertiary/aromatic N) is 3. The van der Waals surface area contributed by atoms with E-state index >= 15 is 0 Å². The fourth-order valence-electron chi connectivity index (χ4n) is 3.23. The van der Waals surface area contributed by atoms with Crippen molar-refractivity contribution in [1.29, 1.82) is 5.41 Å². The summed E-state index contributed by atoms with van der Waals surface area (Å²) in [4.78, 5) is 28.7. The van der Waals surface area contributed by atoms with Crippen molar-refractivity contribution in [3.63, 3.8) is 0 Å². The number of furan rings is 1. The highest BCUT2D eigenvalue weighted by Gasteiger charge is 2.35. The summed E-state index contributed by atoms with van der Waals surface area (Å²) in [5.74, 6) is -0.759. The largest absolute Gasteiger partial charge is 0.457 e. The Hall–Kier alpha value is -3.95. The Labute approximate surface area is 203 Å². The van der Waals surface area contributed by atoms with E-state index in [0.29, 0.717) is 27.9 Å². The topological polar surface area (TPSA) is 108 Å². The highest BCUT2D eigenvalue weighted by atomic mass is 35.5. The summed E-state index contributed by atoms with van der Waals surface area (Å²) in [6, 6.07) is 17.0. The van der Waals surface area contributed by atoms with Crippen molar-refractivity contribution < 1.29 is 18.7 Å². The molecule has 10 heteroatoms. The zero-order chi connectivity index (χ0) is 23.7. The molecule has 1 aromatic heterocycles. The smallest absolute Gasteiger partial charge is 0.379 e. The molecule has 3 heterocycles. The Kier molecular flexibility index (Phi) is 5.87. The molecule has 0 unspecified atom stereocenters. The fourth-order valence-corrected chi connectivity index (χ4v) is 4.28. The highest BCUT2D eigenvalue weighted by molar-refractivity contribution is 8.26. The van der Waals surface area contributed by atoms with Crippen LogP contribution in [0.1, 0.15) is 21.7 Å². The summed E-state index contributed by atoms with van der Waals surface area (Å²) >= 11 is 7.20. The molecule has 1 amide bonds. The van der Waals surface area contributed by atoms with Gasteiger partial charge in [-0.05, 0) is 65.4 Å². The predicted octanol–water partition coefficient (Wildman–Crippen LogP) is 5.01. The number of esters is 1. The van der Waals surface area contributed by atoms with Crippen LogP contribution in [0.4, 0.5) is 0 Å². The number of carbonyl (C=O) groups excluding carboxylic acids is 2. The molecule has 0 spiro atoms. The lowest BCUT2D eigenvalue weighted by Crippen LogP contribution is -2.35. The molecule has 0 fully saturated rings. The van der Waals surface area contributed by atoms with Crippen molar-refractivity contribution in [1.82, 2.24) is 5.01 Å². The lowest BCUT2D eigenvalue weighted by molar-refractivity contribution is -0.114. The first-order valence-corrected chi connectivity index (χ1v) is 11.2. The van der Waals surface area contributed by atoms with E-state index < -0.39 is 11.9 Å². The standard InChI is InChI=1S/C24H15ClN4O4S/c25-16-7-3-15(4-8-16)13-20-28-29-21(26)18(22(30)27-24(29)34-20)12-14-5-9-17(10-6-14)33-23(31)19-2-1-11-32-19/h1-12,26H,13H2. The van der Waals surface area contributed by atoms with Crippen molar-refractivity contribution in [3.05, 3.63) is 94.4 Å². The second-order valence-corrected chi connectivity index (χ2v) is 8.73. The molecule has 0 bridgehead atoms.